The van der Waals surface area contributed by atoms with E-state index in [9.17, 15) is 9.18 Å². The van der Waals surface area contributed by atoms with Crippen molar-refractivity contribution in [2.24, 2.45) is 0 Å². The van der Waals surface area contributed by atoms with Crippen LogP contribution >= 0.6 is 11.6 Å². The van der Waals surface area contributed by atoms with E-state index in [1.807, 2.05) is 12.1 Å². The van der Waals surface area contributed by atoms with Crippen molar-refractivity contribution in [2.45, 2.75) is 6.54 Å². The number of aromatic nitrogens is 4. The molecule has 4 rings (SSSR count). The Labute approximate surface area is 171 Å². The highest BCUT2D eigenvalue weighted by atomic mass is 35.5. The van der Waals surface area contributed by atoms with Gasteiger partial charge in [0, 0.05) is 29.5 Å². The second kappa shape index (κ2) is 8.20. The summed E-state index contributed by atoms with van der Waals surface area (Å²) in [6.45, 7) is 0.290. The fourth-order valence-corrected chi connectivity index (χ4v) is 3.09. The molecule has 0 saturated carbocycles. The molecular weight excluding hydrogens is 393 g/mol. The average Bonchev–Trinajstić information content (AvgIpc) is 3.18. The average molecular weight is 408 g/mol. The zero-order chi connectivity index (χ0) is 20.2. The van der Waals surface area contributed by atoms with Crippen LogP contribution in [0.15, 0.2) is 73.1 Å². The van der Waals surface area contributed by atoms with Gasteiger partial charge in [0.1, 0.15) is 11.5 Å². The number of nitrogens with one attached hydrogen (secondary N) is 1. The molecule has 2 heterocycles. The largest absolute Gasteiger partial charge is 0.346 e. The van der Waals surface area contributed by atoms with E-state index >= 15 is 0 Å². The molecule has 0 saturated heterocycles. The van der Waals surface area contributed by atoms with Crippen LogP contribution in [-0.2, 0) is 6.54 Å². The SMILES string of the molecule is O=C(NCc1cccc(Cl)c1)c1nnn(-c2ccc(F)cc2)c1-c1ccncc1. The molecule has 0 bridgehead atoms. The molecule has 0 aliphatic carbocycles. The smallest absolute Gasteiger partial charge is 0.274 e. The van der Waals surface area contributed by atoms with Gasteiger partial charge in [-0.15, -0.1) is 5.10 Å². The molecule has 6 nitrogen and oxygen atoms in total. The quantitative estimate of drug-likeness (QED) is 0.541. The Morgan fingerprint density at radius 3 is 2.55 bits per heavy atom. The number of carbonyl (C=O) groups excluding carboxylic acids is 1. The summed E-state index contributed by atoms with van der Waals surface area (Å²) in [6.07, 6.45) is 3.23. The van der Waals surface area contributed by atoms with Gasteiger partial charge in [-0.2, -0.15) is 0 Å². The fourth-order valence-electron chi connectivity index (χ4n) is 2.88. The second-order valence-electron chi connectivity index (χ2n) is 6.22. The molecule has 0 radical (unpaired) electrons. The summed E-state index contributed by atoms with van der Waals surface area (Å²) in [6, 6.07) is 16.5. The van der Waals surface area contributed by atoms with E-state index in [-0.39, 0.29) is 17.4 Å². The Hall–Kier alpha value is -3.58. The number of pyridine rings is 1. The topological polar surface area (TPSA) is 72.7 Å². The van der Waals surface area contributed by atoms with E-state index in [1.54, 1.807) is 48.8 Å². The first-order valence-electron chi connectivity index (χ1n) is 8.76. The summed E-state index contributed by atoms with van der Waals surface area (Å²) in [5, 5.41) is 11.6. The van der Waals surface area contributed by atoms with E-state index in [0.29, 0.717) is 28.5 Å². The van der Waals surface area contributed by atoms with Crippen molar-refractivity contribution in [2.75, 3.05) is 0 Å². The summed E-state index contributed by atoms with van der Waals surface area (Å²) >= 11 is 5.99. The molecule has 0 atom stereocenters. The lowest BCUT2D eigenvalue weighted by atomic mass is 10.1. The van der Waals surface area contributed by atoms with Gasteiger partial charge in [0.05, 0.1) is 5.69 Å². The van der Waals surface area contributed by atoms with Gasteiger partial charge in [-0.1, -0.05) is 28.9 Å². The lowest BCUT2D eigenvalue weighted by Crippen LogP contribution is -2.24. The molecule has 0 spiro atoms. The van der Waals surface area contributed by atoms with Gasteiger partial charge >= 0.3 is 0 Å². The minimum absolute atomic E-state index is 0.155. The predicted octanol–water partition coefficient (Wildman–Crippen LogP) is 4.05. The van der Waals surface area contributed by atoms with Crippen molar-refractivity contribution < 1.29 is 9.18 Å². The Morgan fingerprint density at radius 2 is 1.83 bits per heavy atom. The van der Waals surface area contributed by atoms with Gasteiger partial charge in [-0.05, 0) is 54.1 Å². The molecule has 0 aliphatic rings. The van der Waals surface area contributed by atoms with Crippen LogP contribution in [0.5, 0.6) is 0 Å². The molecule has 2 aromatic carbocycles. The molecular formula is C21H15ClFN5O. The molecule has 1 amide bonds. The highest BCUT2D eigenvalue weighted by Crippen LogP contribution is 2.25. The van der Waals surface area contributed by atoms with E-state index in [0.717, 1.165) is 5.56 Å². The maximum Gasteiger partial charge on any atom is 0.274 e. The third kappa shape index (κ3) is 4.14. The number of rotatable bonds is 5. The van der Waals surface area contributed by atoms with Gasteiger partial charge < -0.3 is 5.32 Å². The Balaban J connectivity index is 1.69. The monoisotopic (exact) mass is 407 g/mol. The first-order chi connectivity index (χ1) is 14.1. The number of nitrogens with zero attached hydrogens (tertiary/aromatic N) is 4. The van der Waals surface area contributed by atoms with Gasteiger partial charge in [0.15, 0.2) is 5.69 Å². The summed E-state index contributed by atoms with van der Waals surface area (Å²) in [7, 11) is 0. The van der Waals surface area contributed by atoms with E-state index in [1.165, 1.54) is 16.8 Å². The minimum atomic E-state index is -0.384. The Kier molecular flexibility index (Phi) is 5.31. The highest BCUT2D eigenvalue weighted by molar-refractivity contribution is 6.30. The molecule has 144 valence electrons. The van der Waals surface area contributed by atoms with E-state index in [4.69, 9.17) is 11.6 Å². The molecule has 0 aliphatic heterocycles. The number of halogens is 2. The lowest BCUT2D eigenvalue weighted by molar-refractivity contribution is 0.0946. The van der Waals surface area contributed by atoms with Gasteiger partial charge in [0.25, 0.3) is 5.91 Å². The fraction of sp³-hybridized carbons (Fsp3) is 0.0476. The number of carbonyl (C=O) groups is 1. The number of benzene rings is 2. The summed E-state index contributed by atoms with van der Waals surface area (Å²) in [4.78, 5) is 16.9. The third-order valence-electron chi connectivity index (χ3n) is 4.25. The van der Waals surface area contributed by atoms with Crippen molar-refractivity contribution in [3.05, 3.63) is 95.2 Å². The summed E-state index contributed by atoms with van der Waals surface area (Å²) in [5.74, 6) is -0.746. The lowest BCUT2D eigenvalue weighted by Gasteiger charge is -2.09. The maximum atomic E-state index is 13.3. The van der Waals surface area contributed by atoms with Crippen molar-refractivity contribution in [1.82, 2.24) is 25.3 Å². The van der Waals surface area contributed by atoms with E-state index < -0.39 is 0 Å². The molecule has 0 fully saturated rings. The van der Waals surface area contributed by atoms with Crippen molar-refractivity contribution in [3.63, 3.8) is 0 Å². The van der Waals surface area contributed by atoms with Crippen LogP contribution in [0.4, 0.5) is 4.39 Å². The maximum absolute atomic E-state index is 13.3. The highest BCUT2D eigenvalue weighted by Gasteiger charge is 2.22. The zero-order valence-corrected chi connectivity index (χ0v) is 15.8. The van der Waals surface area contributed by atoms with Crippen molar-refractivity contribution in [1.29, 1.82) is 0 Å². The van der Waals surface area contributed by atoms with Gasteiger partial charge in [0.2, 0.25) is 0 Å². The van der Waals surface area contributed by atoms with Gasteiger partial charge in [-0.3, -0.25) is 9.78 Å². The van der Waals surface area contributed by atoms with Crippen LogP contribution in [0.1, 0.15) is 16.1 Å². The summed E-state index contributed by atoms with van der Waals surface area (Å²) in [5.41, 5.74) is 2.80. The summed E-state index contributed by atoms with van der Waals surface area (Å²) < 4.78 is 14.8. The first-order valence-corrected chi connectivity index (χ1v) is 9.14. The molecule has 8 heteroatoms. The molecule has 29 heavy (non-hydrogen) atoms. The molecule has 2 aromatic heterocycles. The van der Waals surface area contributed by atoms with Crippen molar-refractivity contribution >= 4 is 17.5 Å². The van der Waals surface area contributed by atoms with Gasteiger partial charge in [-0.25, -0.2) is 9.07 Å². The second-order valence-corrected chi connectivity index (χ2v) is 6.66. The minimum Gasteiger partial charge on any atom is -0.346 e. The number of hydrogen-bond acceptors (Lipinski definition) is 4. The standard InChI is InChI=1S/C21H15ClFN5O/c22-16-3-1-2-14(12-16)13-25-21(29)19-20(15-8-10-24-11-9-15)28(27-26-19)18-6-4-17(23)5-7-18/h1-12H,13H2,(H,25,29). The number of amides is 1. The molecule has 0 unspecified atom stereocenters. The van der Waals surface area contributed by atoms with Crippen LogP contribution < -0.4 is 5.32 Å². The first kappa shape index (κ1) is 18.8. The van der Waals surface area contributed by atoms with Crippen LogP contribution in [0.2, 0.25) is 5.02 Å². The van der Waals surface area contributed by atoms with Crippen LogP contribution in [0.3, 0.4) is 0 Å². The third-order valence-corrected chi connectivity index (χ3v) is 4.49. The Morgan fingerprint density at radius 1 is 1.07 bits per heavy atom. The van der Waals surface area contributed by atoms with Crippen LogP contribution in [-0.4, -0.2) is 25.9 Å². The van der Waals surface area contributed by atoms with Crippen LogP contribution in [0.25, 0.3) is 16.9 Å². The predicted molar refractivity (Wildman–Crippen MR) is 107 cm³/mol. The molecule has 4 aromatic rings. The van der Waals surface area contributed by atoms with Crippen molar-refractivity contribution in [3.8, 4) is 16.9 Å². The molecule has 1 N–H and O–H groups in total. The zero-order valence-electron chi connectivity index (χ0n) is 15.1. The number of hydrogen-bond donors (Lipinski definition) is 1. The normalized spacial score (nSPS) is 10.7. The Bertz CT molecular complexity index is 1150. The van der Waals surface area contributed by atoms with E-state index in [2.05, 4.69) is 20.6 Å². The van der Waals surface area contributed by atoms with Crippen LogP contribution in [0, 0.1) is 5.82 Å².